The molecule has 0 spiro atoms. The summed E-state index contributed by atoms with van der Waals surface area (Å²) < 4.78 is 18.5. The maximum atomic E-state index is 12.9. The zero-order chi connectivity index (χ0) is 17.2. The highest BCUT2D eigenvalue weighted by atomic mass is 19.1. The monoisotopic (exact) mass is 341 g/mol. The van der Waals surface area contributed by atoms with Gasteiger partial charge in [0.05, 0.1) is 11.9 Å². The maximum absolute atomic E-state index is 12.9. The molecule has 0 radical (unpaired) electrons. The number of fused-ring (bicyclic) bond motifs is 2. The number of carbonyl (C=O) groups is 1. The lowest BCUT2D eigenvalue weighted by Crippen LogP contribution is -2.37. The summed E-state index contributed by atoms with van der Waals surface area (Å²) in [5.74, 6) is 1.21. The van der Waals surface area contributed by atoms with Crippen molar-refractivity contribution in [2.45, 2.75) is 38.1 Å². The lowest BCUT2D eigenvalue weighted by atomic mass is 10.1. The third-order valence-corrected chi connectivity index (χ3v) is 5.01. The Morgan fingerprint density at radius 1 is 1.20 bits per heavy atom. The van der Waals surface area contributed by atoms with Gasteiger partial charge >= 0.3 is 0 Å². The number of piperidine rings is 1. The Morgan fingerprint density at radius 3 is 2.80 bits per heavy atom. The zero-order valence-electron chi connectivity index (χ0n) is 13.9. The molecule has 5 nitrogen and oxygen atoms in total. The molecule has 1 aliphatic carbocycles. The molecular formula is C19H20FN3O2. The maximum Gasteiger partial charge on any atom is 0.238 e. The SMILES string of the molecule is O=C1[C@@H]2CC[C@@H](C2)N1CCCc1cncc(Oc2ccc(F)cc2)n1. The summed E-state index contributed by atoms with van der Waals surface area (Å²) in [4.78, 5) is 22.8. The highest BCUT2D eigenvalue weighted by Crippen LogP contribution is 2.38. The second-order valence-corrected chi connectivity index (χ2v) is 6.70. The van der Waals surface area contributed by atoms with Crippen LogP contribution in [0.15, 0.2) is 36.7 Å². The molecule has 2 atom stereocenters. The number of likely N-dealkylation sites (tertiary alicyclic amines) is 1. The van der Waals surface area contributed by atoms with E-state index in [4.69, 9.17) is 4.74 Å². The molecule has 0 N–H and O–H groups in total. The van der Waals surface area contributed by atoms with Crippen LogP contribution >= 0.6 is 0 Å². The first-order valence-electron chi connectivity index (χ1n) is 8.74. The second-order valence-electron chi connectivity index (χ2n) is 6.70. The molecule has 1 saturated carbocycles. The van der Waals surface area contributed by atoms with Crippen molar-refractivity contribution in [3.63, 3.8) is 0 Å². The van der Waals surface area contributed by atoms with Crippen LogP contribution in [-0.4, -0.2) is 33.4 Å². The number of aromatic nitrogens is 2. The molecule has 6 heteroatoms. The molecule has 2 bridgehead atoms. The fraction of sp³-hybridized carbons (Fsp3) is 0.421. The van der Waals surface area contributed by atoms with Gasteiger partial charge in [-0.15, -0.1) is 0 Å². The van der Waals surface area contributed by atoms with Gasteiger partial charge in [0.2, 0.25) is 11.8 Å². The van der Waals surface area contributed by atoms with Crippen LogP contribution in [0, 0.1) is 11.7 Å². The number of carbonyl (C=O) groups excluding carboxylic acids is 1. The minimum Gasteiger partial charge on any atom is -0.437 e. The predicted octanol–water partition coefficient (Wildman–Crippen LogP) is 3.35. The largest absolute Gasteiger partial charge is 0.437 e. The number of benzene rings is 1. The fourth-order valence-electron chi connectivity index (χ4n) is 3.78. The number of hydrogen-bond donors (Lipinski definition) is 0. The molecule has 2 aromatic rings. The molecule has 0 unspecified atom stereocenters. The van der Waals surface area contributed by atoms with Crippen LogP contribution in [0.2, 0.25) is 0 Å². The van der Waals surface area contributed by atoms with Gasteiger partial charge in [0.15, 0.2) is 0 Å². The quantitative estimate of drug-likeness (QED) is 0.808. The van der Waals surface area contributed by atoms with E-state index in [1.54, 1.807) is 18.3 Å². The number of amides is 1. The molecule has 1 aromatic carbocycles. The Morgan fingerprint density at radius 2 is 2.04 bits per heavy atom. The minimum absolute atomic E-state index is 0.275. The lowest BCUT2D eigenvalue weighted by molar-refractivity contribution is -0.134. The average Bonchev–Trinajstić information content (AvgIpc) is 3.20. The summed E-state index contributed by atoms with van der Waals surface area (Å²) in [6, 6.07) is 6.24. The molecule has 1 aliphatic heterocycles. The number of halogens is 1. The average molecular weight is 341 g/mol. The summed E-state index contributed by atoms with van der Waals surface area (Å²) in [5.41, 5.74) is 0.830. The Balaban J connectivity index is 1.32. The Labute approximate surface area is 145 Å². The van der Waals surface area contributed by atoms with E-state index in [1.807, 2.05) is 4.90 Å². The second kappa shape index (κ2) is 6.78. The van der Waals surface area contributed by atoms with Crippen molar-refractivity contribution in [2.24, 2.45) is 5.92 Å². The van der Waals surface area contributed by atoms with Crippen LogP contribution in [0.25, 0.3) is 0 Å². The van der Waals surface area contributed by atoms with E-state index in [1.165, 1.54) is 18.3 Å². The van der Waals surface area contributed by atoms with Gasteiger partial charge in [0, 0.05) is 24.7 Å². The summed E-state index contributed by atoms with van der Waals surface area (Å²) >= 11 is 0. The number of nitrogens with zero attached hydrogens (tertiary/aromatic N) is 3. The Bertz CT molecular complexity index is 766. The van der Waals surface area contributed by atoms with E-state index in [0.717, 1.165) is 44.3 Å². The van der Waals surface area contributed by atoms with E-state index in [0.29, 0.717) is 23.6 Å². The number of hydrogen-bond acceptors (Lipinski definition) is 4. The van der Waals surface area contributed by atoms with Crippen molar-refractivity contribution < 1.29 is 13.9 Å². The van der Waals surface area contributed by atoms with E-state index in [-0.39, 0.29) is 11.7 Å². The topological polar surface area (TPSA) is 55.3 Å². The van der Waals surface area contributed by atoms with E-state index < -0.39 is 0 Å². The van der Waals surface area contributed by atoms with E-state index >= 15 is 0 Å². The molecule has 1 saturated heterocycles. The van der Waals surface area contributed by atoms with Gasteiger partial charge in [-0.2, -0.15) is 0 Å². The summed E-state index contributed by atoms with van der Waals surface area (Å²) in [5, 5.41) is 0. The van der Waals surface area contributed by atoms with Crippen LogP contribution in [0.4, 0.5) is 4.39 Å². The number of rotatable bonds is 6. The Hall–Kier alpha value is -2.50. The number of ether oxygens (including phenoxy) is 1. The van der Waals surface area contributed by atoms with Crippen LogP contribution < -0.4 is 4.74 Å². The van der Waals surface area contributed by atoms with Crippen molar-refractivity contribution in [2.75, 3.05) is 6.54 Å². The summed E-state index contributed by atoms with van der Waals surface area (Å²) in [6.45, 7) is 0.782. The van der Waals surface area contributed by atoms with Crippen molar-refractivity contribution in [1.82, 2.24) is 14.9 Å². The van der Waals surface area contributed by atoms with Gasteiger partial charge in [-0.25, -0.2) is 9.37 Å². The highest BCUT2D eigenvalue weighted by molar-refractivity contribution is 5.82. The van der Waals surface area contributed by atoms with Crippen LogP contribution in [0.1, 0.15) is 31.4 Å². The van der Waals surface area contributed by atoms with Gasteiger partial charge in [-0.05, 0) is 56.4 Å². The van der Waals surface area contributed by atoms with Gasteiger partial charge in [0.25, 0.3) is 0 Å². The molecular weight excluding hydrogens is 321 g/mol. The van der Waals surface area contributed by atoms with Crippen LogP contribution in [-0.2, 0) is 11.2 Å². The molecule has 25 heavy (non-hydrogen) atoms. The molecule has 2 heterocycles. The first kappa shape index (κ1) is 16.0. The van der Waals surface area contributed by atoms with Crippen LogP contribution in [0.5, 0.6) is 11.6 Å². The highest BCUT2D eigenvalue weighted by Gasteiger charge is 2.43. The molecule has 130 valence electrons. The normalized spacial score (nSPS) is 21.8. The van der Waals surface area contributed by atoms with E-state index in [2.05, 4.69) is 9.97 Å². The Kier molecular flexibility index (Phi) is 4.34. The summed E-state index contributed by atoms with van der Waals surface area (Å²) in [6.07, 6.45) is 8.12. The standard InChI is InChI=1S/C19H20FN3O2/c20-14-4-7-17(8-5-14)25-18-12-21-11-15(22-18)2-1-9-23-16-6-3-13(10-16)19(23)24/h4-5,7-8,11-13,16H,1-3,6,9-10H2/t13-,16+/m1/s1. The van der Waals surface area contributed by atoms with Crippen molar-refractivity contribution in [1.29, 1.82) is 0 Å². The predicted molar refractivity (Wildman–Crippen MR) is 89.7 cm³/mol. The lowest BCUT2D eigenvalue weighted by Gasteiger charge is -2.26. The summed E-state index contributed by atoms with van der Waals surface area (Å²) in [7, 11) is 0. The molecule has 1 aromatic heterocycles. The van der Waals surface area contributed by atoms with Crippen molar-refractivity contribution >= 4 is 5.91 Å². The van der Waals surface area contributed by atoms with E-state index in [9.17, 15) is 9.18 Å². The van der Waals surface area contributed by atoms with Gasteiger partial charge < -0.3 is 9.64 Å². The number of aryl methyl sites for hydroxylation is 1. The zero-order valence-corrected chi connectivity index (χ0v) is 13.9. The minimum atomic E-state index is -0.308. The third kappa shape index (κ3) is 3.48. The first-order valence-corrected chi connectivity index (χ1v) is 8.74. The van der Waals surface area contributed by atoms with Crippen molar-refractivity contribution in [3.8, 4) is 11.6 Å². The van der Waals surface area contributed by atoms with Gasteiger partial charge in [0.1, 0.15) is 11.6 Å². The molecule has 2 aliphatic rings. The molecule has 2 fully saturated rings. The van der Waals surface area contributed by atoms with Gasteiger partial charge in [-0.3, -0.25) is 9.78 Å². The smallest absolute Gasteiger partial charge is 0.238 e. The van der Waals surface area contributed by atoms with Gasteiger partial charge in [-0.1, -0.05) is 0 Å². The molecule has 4 rings (SSSR count). The molecule has 1 amide bonds. The van der Waals surface area contributed by atoms with Crippen molar-refractivity contribution in [3.05, 3.63) is 48.2 Å². The van der Waals surface area contributed by atoms with Crippen LogP contribution in [0.3, 0.4) is 0 Å². The fourth-order valence-corrected chi connectivity index (χ4v) is 3.78. The first-order chi connectivity index (χ1) is 12.2. The third-order valence-electron chi connectivity index (χ3n) is 5.01.